The normalized spacial score (nSPS) is 13.1. The lowest BCUT2D eigenvalue weighted by molar-refractivity contribution is 0.259. The molecule has 1 rings (SSSR count). The van der Waals surface area contributed by atoms with E-state index in [1.807, 2.05) is 0 Å². The Kier molecular flexibility index (Phi) is 4.55. The van der Waals surface area contributed by atoms with Gasteiger partial charge >= 0.3 is 0 Å². The van der Waals surface area contributed by atoms with Gasteiger partial charge in [-0.2, -0.15) is 0 Å². The molecule has 1 heterocycles. The first-order valence-corrected chi connectivity index (χ1v) is 4.83. The summed E-state index contributed by atoms with van der Waals surface area (Å²) < 4.78 is 5.19. The molecule has 1 aromatic heterocycles. The van der Waals surface area contributed by atoms with Crippen LogP contribution in [0.3, 0.4) is 0 Å². The van der Waals surface area contributed by atoms with Crippen LogP contribution in [0.15, 0.2) is 4.42 Å². The van der Waals surface area contributed by atoms with E-state index in [9.17, 15) is 0 Å². The van der Waals surface area contributed by atoms with Crippen molar-refractivity contribution in [1.82, 2.24) is 15.5 Å². The molecule has 0 radical (unpaired) electrons. The van der Waals surface area contributed by atoms with Gasteiger partial charge in [0.15, 0.2) is 0 Å². The molecule has 14 heavy (non-hydrogen) atoms. The van der Waals surface area contributed by atoms with Crippen LogP contribution < -0.4 is 5.32 Å². The molecule has 0 fully saturated rings. The Hall–Kier alpha value is -0.940. The fraction of sp³-hybridized carbons (Fsp3) is 0.778. The van der Waals surface area contributed by atoms with Gasteiger partial charge in [-0.05, 0) is 18.9 Å². The number of hydrogen-bond donors (Lipinski definition) is 2. The van der Waals surface area contributed by atoms with Gasteiger partial charge < -0.3 is 14.8 Å². The van der Waals surface area contributed by atoms with Crippen molar-refractivity contribution in [2.24, 2.45) is 5.92 Å². The fourth-order valence-corrected chi connectivity index (χ4v) is 1.16. The minimum absolute atomic E-state index is 0.239. The highest BCUT2D eigenvalue weighted by Gasteiger charge is 2.03. The van der Waals surface area contributed by atoms with E-state index in [-0.39, 0.29) is 6.61 Å². The SMILES string of the molecule is Cc1nnc(CNCC(C)CCO)o1. The molecule has 0 aliphatic rings. The Bertz CT molecular complexity index is 262. The van der Waals surface area contributed by atoms with Crippen LogP contribution in [0.2, 0.25) is 0 Å². The summed E-state index contributed by atoms with van der Waals surface area (Å²) in [5, 5.41) is 19.5. The zero-order chi connectivity index (χ0) is 10.4. The van der Waals surface area contributed by atoms with Crippen molar-refractivity contribution in [3.05, 3.63) is 11.8 Å². The smallest absolute Gasteiger partial charge is 0.230 e. The van der Waals surface area contributed by atoms with Crippen LogP contribution in [0, 0.1) is 12.8 Å². The van der Waals surface area contributed by atoms with Crippen molar-refractivity contribution in [2.45, 2.75) is 26.8 Å². The molecule has 0 amide bonds. The van der Waals surface area contributed by atoms with Gasteiger partial charge in [0.05, 0.1) is 6.54 Å². The fourth-order valence-electron chi connectivity index (χ4n) is 1.16. The second-order valence-electron chi connectivity index (χ2n) is 3.46. The van der Waals surface area contributed by atoms with Gasteiger partial charge in [-0.25, -0.2) is 0 Å². The maximum Gasteiger partial charge on any atom is 0.230 e. The van der Waals surface area contributed by atoms with E-state index in [0.29, 0.717) is 24.2 Å². The Balaban J connectivity index is 2.15. The maximum absolute atomic E-state index is 8.69. The zero-order valence-corrected chi connectivity index (χ0v) is 8.66. The molecule has 2 N–H and O–H groups in total. The summed E-state index contributed by atoms with van der Waals surface area (Å²) in [6.45, 7) is 5.54. The number of hydrogen-bond acceptors (Lipinski definition) is 5. The molecular weight excluding hydrogens is 182 g/mol. The number of nitrogens with one attached hydrogen (secondary N) is 1. The molecule has 1 unspecified atom stereocenters. The number of aliphatic hydroxyl groups excluding tert-OH is 1. The minimum Gasteiger partial charge on any atom is -0.424 e. The average molecular weight is 199 g/mol. The summed E-state index contributed by atoms with van der Waals surface area (Å²) in [5.74, 6) is 1.66. The number of aromatic nitrogens is 2. The summed E-state index contributed by atoms with van der Waals surface area (Å²) in [4.78, 5) is 0. The summed E-state index contributed by atoms with van der Waals surface area (Å²) in [6, 6.07) is 0. The molecule has 0 saturated carbocycles. The van der Waals surface area contributed by atoms with E-state index in [1.54, 1.807) is 6.92 Å². The van der Waals surface area contributed by atoms with Gasteiger partial charge in [-0.1, -0.05) is 6.92 Å². The van der Waals surface area contributed by atoms with Crippen LogP contribution in [-0.2, 0) is 6.54 Å². The van der Waals surface area contributed by atoms with Crippen molar-refractivity contribution >= 4 is 0 Å². The molecule has 5 heteroatoms. The molecule has 5 nitrogen and oxygen atoms in total. The van der Waals surface area contributed by atoms with Gasteiger partial charge in [-0.3, -0.25) is 0 Å². The highest BCUT2D eigenvalue weighted by Crippen LogP contribution is 2.00. The van der Waals surface area contributed by atoms with Gasteiger partial charge in [0.2, 0.25) is 11.8 Å². The van der Waals surface area contributed by atoms with Crippen LogP contribution in [0.5, 0.6) is 0 Å². The third kappa shape index (κ3) is 3.85. The van der Waals surface area contributed by atoms with Crippen LogP contribution in [-0.4, -0.2) is 28.5 Å². The van der Waals surface area contributed by atoms with Crippen LogP contribution in [0.1, 0.15) is 25.1 Å². The lowest BCUT2D eigenvalue weighted by Crippen LogP contribution is -2.21. The summed E-state index contributed by atoms with van der Waals surface area (Å²) in [7, 11) is 0. The summed E-state index contributed by atoms with van der Waals surface area (Å²) in [5.41, 5.74) is 0. The third-order valence-corrected chi connectivity index (χ3v) is 1.96. The molecule has 0 aromatic carbocycles. The molecule has 0 spiro atoms. The Morgan fingerprint density at radius 2 is 2.29 bits per heavy atom. The zero-order valence-electron chi connectivity index (χ0n) is 8.66. The first-order valence-electron chi connectivity index (χ1n) is 4.83. The first kappa shape index (κ1) is 11.1. The lowest BCUT2D eigenvalue weighted by atomic mass is 10.1. The molecule has 80 valence electrons. The quantitative estimate of drug-likeness (QED) is 0.697. The average Bonchev–Trinajstić information content (AvgIpc) is 2.52. The second-order valence-corrected chi connectivity index (χ2v) is 3.46. The van der Waals surface area contributed by atoms with E-state index in [1.165, 1.54) is 0 Å². The van der Waals surface area contributed by atoms with E-state index >= 15 is 0 Å². The highest BCUT2D eigenvalue weighted by molar-refractivity contribution is 4.77. The van der Waals surface area contributed by atoms with Crippen molar-refractivity contribution in [3.8, 4) is 0 Å². The Morgan fingerprint density at radius 3 is 2.86 bits per heavy atom. The van der Waals surface area contributed by atoms with Crippen LogP contribution in [0.25, 0.3) is 0 Å². The summed E-state index contributed by atoms with van der Waals surface area (Å²) in [6.07, 6.45) is 0.815. The Labute approximate surface area is 83.5 Å². The highest BCUT2D eigenvalue weighted by atomic mass is 16.4. The number of rotatable bonds is 6. The first-order chi connectivity index (χ1) is 6.72. The van der Waals surface area contributed by atoms with Gasteiger partial charge in [0.25, 0.3) is 0 Å². The van der Waals surface area contributed by atoms with E-state index in [0.717, 1.165) is 13.0 Å². The third-order valence-electron chi connectivity index (χ3n) is 1.96. The predicted molar refractivity (Wildman–Crippen MR) is 51.6 cm³/mol. The van der Waals surface area contributed by atoms with Crippen LogP contribution in [0.4, 0.5) is 0 Å². The van der Waals surface area contributed by atoms with Crippen molar-refractivity contribution in [1.29, 1.82) is 0 Å². The van der Waals surface area contributed by atoms with Crippen molar-refractivity contribution in [3.63, 3.8) is 0 Å². The molecule has 0 aliphatic carbocycles. The summed E-state index contributed by atoms with van der Waals surface area (Å²) >= 11 is 0. The maximum atomic E-state index is 8.69. The van der Waals surface area contributed by atoms with Crippen molar-refractivity contribution < 1.29 is 9.52 Å². The molecule has 0 saturated heterocycles. The predicted octanol–water partition coefficient (Wildman–Crippen LogP) is 0.486. The van der Waals surface area contributed by atoms with Gasteiger partial charge in [0.1, 0.15) is 0 Å². The lowest BCUT2D eigenvalue weighted by Gasteiger charge is -2.08. The van der Waals surface area contributed by atoms with Crippen LogP contribution >= 0.6 is 0 Å². The van der Waals surface area contributed by atoms with E-state index in [2.05, 4.69) is 22.4 Å². The standard InChI is InChI=1S/C9H17N3O2/c1-7(3-4-13)5-10-6-9-12-11-8(2)14-9/h7,10,13H,3-6H2,1-2H3. The minimum atomic E-state index is 0.239. The molecule has 0 aliphatic heterocycles. The molecular formula is C9H17N3O2. The van der Waals surface area contributed by atoms with Crippen molar-refractivity contribution in [2.75, 3.05) is 13.2 Å². The largest absolute Gasteiger partial charge is 0.424 e. The van der Waals surface area contributed by atoms with E-state index < -0.39 is 0 Å². The molecule has 1 aromatic rings. The van der Waals surface area contributed by atoms with E-state index in [4.69, 9.17) is 9.52 Å². The molecule has 0 bridgehead atoms. The molecule has 1 atom stereocenters. The monoisotopic (exact) mass is 199 g/mol. The van der Waals surface area contributed by atoms with Gasteiger partial charge in [-0.15, -0.1) is 10.2 Å². The Morgan fingerprint density at radius 1 is 1.50 bits per heavy atom. The number of aryl methyl sites for hydroxylation is 1. The van der Waals surface area contributed by atoms with Gasteiger partial charge in [0, 0.05) is 13.5 Å². The second kappa shape index (κ2) is 5.72. The number of nitrogens with zero attached hydrogens (tertiary/aromatic N) is 2. The number of aliphatic hydroxyl groups is 1. The topological polar surface area (TPSA) is 71.2 Å².